The molecule has 1 aliphatic rings. The Bertz CT molecular complexity index is 142. The Morgan fingerprint density at radius 1 is 0.867 bits per heavy atom. The summed E-state index contributed by atoms with van der Waals surface area (Å²) in [7, 11) is 0. The molecule has 0 unspecified atom stereocenters. The van der Waals surface area contributed by atoms with Crippen LogP contribution in [0.25, 0.3) is 0 Å². The third-order valence-corrected chi connectivity index (χ3v) is 3.55. The number of halogens is 1. The lowest BCUT2D eigenvalue weighted by Gasteiger charge is -2.34. The standard InChI is InChI=1S/C12H25BrN2/c1-2-3-4-5-7-14-9-11-15(8-6-13)12-10-14/h2-12H2,1H3. The second-order valence-electron chi connectivity index (χ2n) is 4.43. The second kappa shape index (κ2) is 8.54. The van der Waals surface area contributed by atoms with Crippen LogP contribution < -0.4 is 0 Å². The van der Waals surface area contributed by atoms with Crippen LogP contribution >= 0.6 is 15.9 Å². The molecular formula is C12H25BrN2. The molecule has 1 heterocycles. The molecule has 3 heteroatoms. The van der Waals surface area contributed by atoms with Crippen molar-refractivity contribution < 1.29 is 0 Å². The molecular weight excluding hydrogens is 252 g/mol. The molecule has 1 aliphatic heterocycles. The number of piperazine rings is 1. The topological polar surface area (TPSA) is 6.48 Å². The first-order valence-electron chi connectivity index (χ1n) is 6.37. The van der Waals surface area contributed by atoms with E-state index in [2.05, 4.69) is 32.7 Å². The summed E-state index contributed by atoms with van der Waals surface area (Å²) in [5.41, 5.74) is 0. The summed E-state index contributed by atoms with van der Waals surface area (Å²) in [6.07, 6.45) is 5.56. The Morgan fingerprint density at radius 2 is 1.47 bits per heavy atom. The maximum absolute atomic E-state index is 3.50. The van der Waals surface area contributed by atoms with Gasteiger partial charge in [-0.15, -0.1) is 0 Å². The Balaban J connectivity index is 1.99. The SMILES string of the molecule is CCCCCCN1CCN(CCBr)CC1. The normalized spacial score (nSPS) is 19.6. The van der Waals surface area contributed by atoms with E-state index in [0.717, 1.165) is 5.33 Å². The Kier molecular flexibility index (Phi) is 7.67. The number of hydrogen-bond donors (Lipinski definition) is 0. The number of unbranched alkanes of at least 4 members (excludes halogenated alkanes) is 3. The van der Waals surface area contributed by atoms with Crippen LogP contribution in [0, 0.1) is 0 Å². The molecule has 0 N–H and O–H groups in total. The van der Waals surface area contributed by atoms with E-state index in [-0.39, 0.29) is 0 Å². The number of rotatable bonds is 7. The Morgan fingerprint density at radius 3 is 2.00 bits per heavy atom. The van der Waals surface area contributed by atoms with E-state index >= 15 is 0 Å². The highest BCUT2D eigenvalue weighted by atomic mass is 79.9. The van der Waals surface area contributed by atoms with Crippen LogP contribution in [0.15, 0.2) is 0 Å². The van der Waals surface area contributed by atoms with Crippen LogP contribution in [0.2, 0.25) is 0 Å². The molecule has 0 radical (unpaired) electrons. The van der Waals surface area contributed by atoms with Crippen LogP contribution in [-0.4, -0.2) is 54.4 Å². The quantitative estimate of drug-likeness (QED) is 0.521. The van der Waals surface area contributed by atoms with E-state index in [4.69, 9.17) is 0 Å². The van der Waals surface area contributed by atoms with Gasteiger partial charge in [0.05, 0.1) is 0 Å². The molecule has 0 atom stereocenters. The lowest BCUT2D eigenvalue weighted by molar-refractivity contribution is 0.136. The minimum Gasteiger partial charge on any atom is -0.301 e. The van der Waals surface area contributed by atoms with Gasteiger partial charge in [-0.05, 0) is 13.0 Å². The lowest BCUT2D eigenvalue weighted by Crippen LogP contribution is -2.46. The van der Waals surface area contributed by atoms with Crippen molar-refractivity contribution in [2.75, 3.05) is 44.6 Å². The molecule has 0 aromatic carbocycles. The zero-order valence-electron chi connectivity index (χ0n) is 10.1. The molecule has 0 aromatic heterocycles. The predicted octanol–water partition coefficient (Wildman–Crippen LogP) is 2.58. The number of nitrogens with zero attached hydrogens (tertiary/aromatic N) is 2. The summed E-state index contributed by atoms with van der Waals surface area (Å²) in [5.74, 6) is 0. The molecule has 0 aliphatic carbocycles. The fourth-order valence-corrected chi connectivity index (χ4v) is 2.62. The Hall–Kier alpha value is 0.400. The monoisotopic (exact) mass is 276 g/mol. The van der Waals surface area contributed by atoms with Crippen molar-refractivity contribution in [3.63, 3.8) is 0 Å². The molecule has 0 aromatic rings. The molecule has 15 heavy (non-hydrogen) atoms. The van der Waals surface area contributed by atoms with Crippen molar-refractivity contribution in [3.05, 3.63) is 0 Å². The van der Waals surface area contributed by atoms with Gasteiger partial charge < -0.3 is 4.90 Å². The predicted molar refractivity (Wildman–Crippen MR) is 70.8 cm³/mol. The molecule has 1 rings (SSSR count). The first kappa shape index (κ1) is 13.5. The highest BCUT2D eigenvalue weighted by Crippen LogP contribution is 2.05. The van der Waals surface area contributed by atoms with E-state index in [0.29, 0.717) is 0 Å². The third-order valence-electron chi connectivity index (χ3n) is 3.19. The van der Waals surface area contributed by atoms with Crippen molar-refractivity contribution in [1.29, 1.82) is 0 Å². The summed E-state index contributed by atoms with van der Waals surface area (Å²) in [4.78, 5) is 5.18. The average Bonchev–Trinajstić information content (AvgIpc) is 2.27. The molecule has 0 bridgehead atoms. The summed E-state index contributed by atoms with van der Waals surface area (Å²) in [5, 5.41) is 1.11. The van der Waals surface area contributed by atoms with Gasteiger partial charge in [0.2, 0.25) is 0 Å². The van der Waals surface area contributed by atoms with E-state index in [9.17, 15) is 0 Å². The van der Waals surface area contributed by atoms with Gasteiger partial charge in [-0.3, -0.25) is 4.90 Å². The maximum Gasteiger partial charge on any atom is 0.0159 e. The van der Waals surface area contributed by atoms with E-state index in [1.54, 1.807) is 0 Å². The molecule has 0 saturated carbocycles. The zero-order chi connectivity index (χ0) is 10.9. The van der Waals surface area contributed by atoms with Crippen LogP contribution in [0.5, 0.6) is 0 Å². The van der Waals surface area contributed by atoms with Crippen molar-refractivity contribution in [2.24, 2.45) is 0 Å². The summed E-state index contributed by atoms with van der Waals surface area (Å²) >= 11 is 3.50. The van der Waals surface area contributed by atoms with Gasteiger partial charge >= 0.3 is 0 Å². The molecule has 0 amide bonds. The summed E-state index contributed by atoms with van der Waals surface area (Å²) < 4.78 is 0. The fourth-order valence-electron chi connectivity index (χ4n) is 2.12. The number of hydrogen-bond acceptors (Lipinski definition) is 2. The van der Waals surface area contributed by atoms with E-state index < -0.39 is 0 Å². The molecule has 2 nitrogen and oxygen atoms in total. The maximum atomic E-state index is 3.50. The van der Waals surface area contributed by atoms with E-state index in [1.807, 2.05) is 0 Å². The average molecular weight is 277 g/mol. The van der Waals surface area contributed by atoms with E-state index in [1.165, 1.54) is 65.0 Å². The first-order chi connectivity index (χ1) is 7.36. The van der Waals surface area contributed by atoms with Gasteiger partial charge in [0, 0.05) is 38.1 Å². The minimum absolute atomic E-state index is 1.11. The lowest BCUT2D eigenvalue weighted by atomic mass is 10.2. The van der Waals surface area contributed by atoms with Gasteiger partial charge in [0.15, 0.2) is 0 Å². The van der Waals surface area contributed by atoms with Gasteiger partial charge in [0.25, 0.3) is 0 Å². The largest absolute Gasteiger partial charge is 0.301 e. The van der Waals surface area contributed by atoms with Gasteiger partial charge in [-0.2, -0.15) is 0 Å². The van der Waals surface area contributed by atoms with Crippen LogP contribution in [0.1, 0.15) is 32.6 Å². The third kappa shape index (κ3) is 5.88. The fraction of sp³-hybridized carbons (Fsp3) is 1.00. The molecule has 1 fully saturated rings. The first-order valence-corrected chi connectivity index (χ1v) is 7.49. The van der Waals surface area contributed by atoms with Crippen molar-refractivity contribution in [2.45, 2.75) is 32.6 Å². The molecule has 90 valence electrons. The van der Waals surface area contributed by atoms with Crippen molar-refractivity contribution >= 4 is 15.9 Å². The second-order valence-corrected chi connectivity index (χ2v) is 5.23. The Labute approximate surface area is 103 Å². The van der Waals surface area contributed by atoms with Crippen LogP contribution in [0.4, 0.5) is 0 Å². The zero-order valence-corrected chi connectivity index (χ0v) is 11.6. The highest BCUT2D eigenvalue weighted by Gasteiger charge is 2.15. The minimum atomic E-state index is 1.11. The van der Waals surface area contributed by atoms with Crippen LogP contribution in [-0.2, 0) is 0 Å². The van der Waals surface area contributed by atoms with Crippen LogP contribution in [0.3, 0.4) is 0 Å². The van der Waals surface area contributed by atoms with Gasteiger partial charge in [-0.25, -0.2) is 0 Å². The van der Waals surface area contributed by atoms with Crippen molar-refractivity contribution in [1.82, 2.24) is 9.80 Å². The van der Waals surface area contributed by atoms with Gasteiger partial charge in [0.1, 0.15) is 0 Å². The highest BCUT2D eigenvalue weighted by molar-refractivity contribution is 9.09. The summed E-state index contributed by atoms with van der Waals surface area (Å²) in [6, 6.07) is 0. The molecule has 1 saturated heterocycles. The van der Waals surface area contributed by atoms with Gasteiger partial charge in [-0.1, -0.05) is 42.1 Å². The molecule has 0 spiro atoms. The summed E-state index contributed by atoms with van der Waals surface area (Å²) in [6.45, 7) is 9.89. The smallest absolute Gasteiger partial charge is 0.0159 e. The van der Waals surface area contributed by atoms with Crippen molar-refractivity contribution in [3.8, 4) is 0 Å². The number of alkyl halides is 1.